The quantitative estimate of drug-likeness (QED) is 0.775. The number of esters is 1. The van der Waals surface area contributed by atoms with Crippen LogP contribution < -0.4 is 0 Å². The number of carbonyl (C=O) groups is 1. The van der Waals surface area contributed by atoms with Crippen molar-refractivity contribution in [2.24, 2.45) is 0 Å². The Morgan fingerprint density at radius 1 is 1.25 bits per heavy atom. The molecule has 0 unspecified atom stereocenters. The van der Waals surface area contributed by atoms with E-state index in [1.807, 2.05) is 19.1 Å². The molecule has 0 saturated carbocycles. The standard InChI is InChI=1S/C14H16N4O2/c1-3-7-10-12(14(19)20-4-2)17-18-13(16-10)11-8-5-6-9-15-11/h5-6,8-9H,3-4,7H2,1-2H3. The van der Waals surface area contributed by atoms with Crippen molar-refractivity contribution in [2.75, 3.05) is 6.61 Å². The van der Waals surface area contributed by atoms with Gasteiger partial charge in [-0.05, 0) is 25.5 Å². The van der Waals surface area contributed by atoms with Crippen LogP contribution in [0.4, 0.5) is 0 Å². The van der Waals surface area contributed by atoms with Crippen LogP contribution in [0.3, 0.4) is 0 Å². The SMILES string of the molecule is CCCc1nc(-c2ccccn2)nnc1C(=O)OCC. The molecule has 0 amide bonds. The van der Waals surface area contributed by atoms with Crippen LogP contribution in [-0.2, 0) is 11.2 Å². The lowest BCUT2D eigenvalue weighted by Gasteiger charge is -2.07. The molecule has 0 N–H and O–H groups in total. The van der Waals surface area contributed by atoms with Crippen molar-refractivity contribution in [1.29, 1.82) is 0 Å². The van der Waals surface area contributed by atoms with Crippen molar-refractivity contribution < 1.29 is 9.53 Å². The van der Waals surface area contributed by atoms with Crippen molar-refractivity contribution in [2.45, 2.75) is 26.7 Å². The molecule has 0 aliphatic heterocycles. The minimum absolute atomic E-state index is 0.188. The maximum Gasteiger partial charge on any atom is 0.360 e. The minimum Gasteiger partial charge on any atom is -0.461 e. The van der Waals surface area contributed by atoms with E-state index in [2.05, 4.69) is 20.2 Å². The third kappa shape index (κ3) is 3.14. The van der Waals surface area contributed by atoms with E-state index in [0.717, 1.165) is 6.42 Å². The van der Waals surface area contributed by atoms with E-state index >= 15 is 0 Å². The van der Waals surface area contributed by atoms with Crippen LogP contribution in [-0.4, -0.2) is 32.7 Å². The van der Waals surface area contributed by atoms with Crippen molar-refractivity contribution in [3.8, 4) is 11.5 Å². The molecule has 2 rings (SSSR count). The van der Waals surface area contributed by atoms with E-state index in [-0.39, 0.29) is 5.69 Å². The van der Waals surface area contributed by atoms with Gasteiger partial charge in [0.2, 0.25) is 5.82 Å². The highest BCUT2D eigenvalue weighted by molar-refractivity contribution is 5.88. The zero-order valence-corrected chi connectivity index (χ0v) is 11.5. The predicted octanol–water partition coefficient (Wildman–Crippen LogP) is 2.06. The Kier molecular flexibility index (Phi) is 4.70. The van der Waals surface area contributed by atoms with Crippen LogP contribution in [0.15, 0.2) is 24.4 Å². The first-order chi connectivity index (χ1) is 9.76. The highest BCUT2D eigenvalue weighted by Gasteiger charge is 2.18. The molecule has 0 fully saturated rings. The van der Waals surface area contributed by atoms with Gasteiger partial charge in [0.05, 0.1) is 12.3 Å². The van der Waals surface area contributed by atoms with Gasteiger partial charge in [-0.2, -0.15) is 0 Å². The zero-order valence-electron chi connectivity index (χ0n) is 11.5. The summed E-state index contributed by atoms with van der Waals surface area (Å²) in [5.74, 6) is -0.0642. The summed E-state index contributed by atoms with van der Waals surface area (Å²) in [4.78, 5) is 20.4. The van der Waals surface area contributed by atoms with Crippen molar-refractivity contribution in [3.05, 3.63) is 35.8 Å². The highest BCUT2D eigenvalue weighted by atomic mass is 16.5. The van der Waals surface area contributed by atoms with E-state index in [4.69, 9.17) is 4.74 Å². The molecule has 2 aromatic heterocycles. The Morgan fingerprint density at radius 2 is 2.10 bits per heavy atom. The van der Waals surface area contributed by atoms with Gasteiger partial charge >= 0.3 is 5.97 Å². The molecule has 6 heteroatoms. The summed E-state index contributed by atoms with van der Waals surface area (Å²) in [6, 6.07) is 5.47. The van der Waals surface area contributed by atoms with E-state index in [0.29, 0.717) is 30.2 Å². The Labute approximate surface area is 117 Å². The lowest BCUT2D eigenvalue weighted by atomic mass is 10.2. The van der Waals surface area contributed by atoms with Gasteiger partial charge in [0.1, 0.15) is 5.69 Å². The van der Waals surface area contributed by atoms with Crippen molar-refractivity contribution >= 4 is 5.97 Å². The van der Waals surface area contributed by atoms with Gasteiger partial charge in [0.15, 0.2) is 5.69 Å². The Hall–Kier alpha value is -2.37. The molecule has 20 heavy (non-hydrogen) atoms. The summed E-state index contributed by atoms with van der Waals surface area (Å²) in [5, 5.41) is 7.94. The third-order valence-electron chi connectivity index (χ3n) is 2.61. The van der Waals surface area contributed by atoms with Gasteiger partial charge in [0, 0.05) is 6.20 Å². The monoisotopic (exact) mass is 272 g/mol. The first-order valence-corrected chi connectivity index (χ1v) is 6.58. The summed E-state index contributed by atoms with van der Waals surface area (Å²) < 4.78 is 4.96. The van der Waals surface area contributed by atoms with Crippen LogP contribution >= 0.6 is 0 Å². The van der Waals surface area contributed by atoms with Crippen LogP contribution in [0.5, 0.6) is 0 Å². The second-order valence-corrected chi connectivity index (χ2v) is 4.12. The molecular weight excluding hydrogens is 256 g/mol. The number of pyridine rings is 1. The number of hydrogen-bond donors (Lipinski definition) is 0. The van der Waals surface area contributed by atoms with Gasteiger partial charge in [-0.25, -0.2) is 9.78 Å². The van der Waals surface area contributed by atoms with Crippen LogP contribution in [0, 0.1) is 0 Å². The number of rotatable bonds is 5. The zero-order chi connectivity index (χ0) is 14.4. The molecule has 0 radical (unpaired) electrons. The Morgan fingerprint density at radius 3 is 2.75 bits per heavy atom. The lowest BCUT2D eigenvalue weighted by Crippen LogP contribution is -2.14. The predicted molar refractivity (Wildman–Crippen MR) is 73.0 cm³/mol. The number of hydrogen-bond acceptors (Lipinski definition) is 6. The first kappa shape index (κ1) is 14.0. The van der Waals surface area contributed by atoms with Crippen LogP contribution in [0.1, 0.15) is 36.5 Å². The van der Waals surface area contributed by atoms with Crippen LogP contribution in [0.25, 0.3) is 11.5 Å². The first-order valence-electron chi connectivity index (χ1n) is 6.58. The van der Waals surface area contributed by atoms with Crippen LogP contribution in [0.2, 0.25) is 0 Å². The Bertz CT molecular complexity index is 587. The van der Waals surface area contributed by atoms with Crippen molar-refractivity contribution in [3.63, 3.8) is 0 Å². The summed E-state index contributed by atoms with van der Waals surface area (Å²) >= 11 is 0. The molecule has 0 atom stereocenters. The molecule has 0 bridgehead atoms. The number of ether oxygens (including phenoxy) is 1. The molecule has 6 nitrogen and oxygen atoms in total. The molecule has 0 spiro atoms. The summed E-state index contributed by atoms with van der Waals surface area (Å²) in [7, 11) is 0. The van der Waals surface area contributed by atoms with Gasteiger partial charge in [-0.15, -0.1) is 10.2 Å². The maximum atomic E-state index is 11.8. The molecule has 0 aromatic carbocycles. The normalized spacial score (nSPS) is 10.3. The summed E-state index contributed by atoms with van der Waals surface area (Å²) in [5.41, 5.74) is 1.42. The second kappa shape index (κ2) is 6.70. The fraction of sp³-hybridized carbons (Fsp3) is 0.357. The molecule has 104 valence electrons. The number of nitrogens with zero attached hydrogens (tertiary/aromatic N) is 4. The molecule has 2 heterocycles. The average Bonchev–Trinajstić information content (AvgIpc) is 2.48. The largest absolute Gasteiger partial charge is 0.461 e. The molecule has 0 aliphatic rings. The number of aryl methyl sites for hydroxylation is 1. The fourth-order valence-electron chi connectivity index (χ4n) is 1.73. The van der Waals surface area contributed by atoms with Gasteiger partial charge < -0.3 is 4.74 Å². The van der Waals surface area contributed by atoms with E-state index in [1.54, 1.807) is 19.2 Å². The average molecular weight is 272 g/mol. The fourth-order valence-corrected chi connectivity index (χ4v) is 1.73. The summed E-state index contributed by atoms with van der Waals surface area (Å²) in [6.45, 7) is 4.06. The molecular formula is C14H16N4O2. The number of aromatic nitrogens is 4. The smallest absolute Gasteiger partial charge is 0.360 e. The van der Waals surface area contributed by atoms with Gasteiger partial charge in [-0.1, -0.05) is 19.4 Å². The maximum absolute atomic E-state index is 11.8. The molecule has 0 saturated heterocycles. The van der Waals surface area contributed by atoms with Gasteiger partial charge in [-0.3, -0.25) is 4.98 Å². The minimum atomic E-state index is -0.483. The highest BCUT2D eigenvalue weighted by Crippen LogP contribution is 2.14. The Balaban J connectivity index is 2.39. The van der Waals surface area contributed by atoms with E-state index in [9.17, 15) is 4.79 Å². The van der Waals surface area contributed by atoms with E-state index in [1.165, 1.54) is 0 Å². The number of carbonyl (C=O) groups excluding carboxylic acids is 1. The second-order valence-electron chi connectivity index (χ2n) is 4.12. The van der Waals surface area contributed by atoms with Crippen molar-refractivity contribution in [1.82, 2.24) is 20.2 Å². The molecule has 2 aromatic rings. The summed E-state index contributed by atoms with van der Waals surface area (Å²) in [6.07, 6.45) is 3.16. The third-order valence-corrected chi connectivity index (χ3v) is 2.61. The molecule has 0 aliphatic carbocycles. The van der Waals surface area contributed by atoms with E-state index < -0.39 is 5.97 Å². The van der Waals surface area contributed by atoms with Gasteiger partial charge in [0.25, 0.3) is 0 Å². The lowest BCUT2D eigenvalue weighted by molar-refractivity contribution is 0.0516. The topological polar surface area (TPSA) is 77.9 Å².